The SMILES string of the molecule is CCNC(c1cccc2cccnc12)C1(CC)CCCC1. The van der Waals surface area contributed by atoms with Crippen molar-refractivity contribution in [2.45, 2.75) is 52.0 Å². The number of nitrogens with one attached hydrogen (secondary N) is 1. The molecule has 1 aromatic heterocycles. The van der Waals surface area contributed by atoms with Gasteiger partial charge in [-0.15, -0.1) is 0 Å². The lowest BCUT2D eigenvalue weighted by Gasteiger charge is -2.38. The molecule has 2 heteroatoms. The smallest absolute Gasteiger partial charge is 0.0749 e. The lowest BCUT2D eigenvalue weighted by Crippen LogP contribution is -2.36. The first-order valence-corrected chi connectivity index (χ1v) is 8.38. The van der Waals surface area contributed by atoms with E-state index in [-0.39, 0.29) is 0 Å². The molecule has 0 saturated heterocycles. The van der Waals surface area contributed by atoms with Crippen LogP contribution >= 0.6 is 0 Å². The highest BCUT2D eigenvalue weighted by atomic mass is 14.9. The van der Waals surface area contributed by atoms with Crippen molar-refractivity contribution in [3.8, 4) is 0 Å². The van der Waals surface area contributed by atoms with E-state index in [0.717, 1.165) is 6.54 Å². The zero-order chi connectivity index (χ0) is 14.7. The van der Waals surface area contributed by atoms with E-state index in [1.165, 1.54) is 48.6 Å². The van der Waals surface area contributed by atoms with E-state index in [1.807, 2.05) is 12.3 Å². The number of nitrogens with zero attached hydrogens (tertiary/aromatic N) is 1. The van der Waals surface area contributed by atoms with Gasteiger partial charge in [0.05, 0.1) is 5.52 Å². The van der Waals surface area contributed by atoms with Crippen LogP contribution in [0.15, 0.2) is 36.5 Å². The maximum absolute atomic E-state index is 4.68. The highest BCUT2D eigenvalue weighted by Crippen LogP contribution is 2.50. The lowest BCUT2D eigenvalue weighted by molar-refractivity contribution is 0.190. The van der Waals surface area contributed by atoms with Crippen molar-refractivity contribution in [3.63, 3.8) is 0 Å². The fourth-order valence-corrected chi connectivity index (χ4v) is 4.15. The summed E-state index contributed by atoms with van der Waals surface area (Å²) in [4.78, 5) is 4.68. The molecule has 0 aliphatic heterocycles. The first kappa shape index (κ1) is 14.5. The van der Waals surface area contributed by atoms with Gasteiger partial charge in [0, 0.05) is 17.6 Å². The summed E-state index contributed by atoms with van der Waals surface area (Å²) in [5.74, 6) is 0. The molecule has 1 aliphatic carbocycles. The van der Waals surface area contributed by atoms with Gasteiger partial charge in [0.1, 0.15) is 0 Å². The molecule has 0 radical (unpaired) electrons. The van der Waals surface area contributed by atoms with Crippen molar-refractivity contribution in [1.29, 1.82) is 0 Å². The Morgan fingerprint density at radius 1 is 1.14 bits per heavy atom. The molecule has 1 heterocycles. The summed E-state index contributed by atoms with van der Waals surface area (Å²) in [6.45, 7) is 5.58. The Morgan fingerprint density at radius 3 is 2.62 bits per heavy atom. The van der Waals surface area contributed by atoms with Crippen molar-refractivity contribution in [2.24, 2.45) is 5.41 Å². The normalized spacial score (nSPS) is 19.0. The molecule has 1 fully saturated rings. The van der Waals surface area contributed by atoms with E-state index in [9.17, 15) is 0 Å². The molecular formula is C19H26N2. The maximum Gasteiger partial charge on any atom is 0.0749 e. The Morgan fingerprint density at radius 2 is 1.90 bits per heavy atom. The van der Waals surface area contributed by atoms with Crippen LogP contribution in [0.4, 0.5) is 0 Å². The molecule has 1 saturated carbocycles. The van der Waals surface area contributed by atoms with Gasteiger partial charge in [-0.25, -0.2) is 0 Å². The van der Waals surface area contributed by atoms with Gasteiger partial charge in [0.25, 0.3) is 0 Å². The summed E-state index contributed by atoms with van der Waals surface area (Å²) in [5.41, 5.74) is 2.96. The van der Waals surface area contributed by atoms with E-state index >= 15 is 0 Å². The molecule has 112 valence electrons. The third kappa shape index (κ3) is 2.57. The summed E-state index contributed by atoms with van der Waals surface area (Å²) >= 11 is 0. The molecular weight excluding hydrogens is 256 g/mol. The second kappa shape index (κ2) is 6.15. The van der Waals surface area contributed by atoms with Crippen LogP contribution in [-0.4, -0.2) is 11.5 Å². The fourth-order valence-electron chi connectivity index (χ4n) is 4.15. The van der Waals surface area contributed by atoms with Crippen LogP contribution in [-0.2, 0) is 0 Å². The van der Waals surface area contributed by atoms with Gasteiger partial charge in [-0.2, -0.15) is 0 Å². The second-order valence-electron chi connectivity index (χ2n) is 6.34. The number of benzene rings is 1. The molecule has 1 aromatic carbocycles. The zero-order valence-corrected chi connectivity index (χ0v) is 13.2. The molecule has 1 aliphatic rings. The minimum absolute atomic E-state index is 0.405. The van der Waals surface area contributed by atoms with Crippen molar-refractivity contribution in [3.05, 3.63) is 42.1 Å². The Balaban J connectivity index is 2.11. The molecule has 3 rings (SSSR count). The highest BCUT2D eigenvalue weighted by Gasteiger charge is 2.40. The Bertz CT molecular complexity index is 594. The van der Waals surface area contributed by atoms with Gasteiger partial charge < -0.3 is 5.32 Å². The van der Waals surface area contributed by atoms with Crippen molar-refractivity contribution >= 4 is 10.9 Å². The largest absolute Gasteiger partial charge is 0.310 e. The van der Waals surface area contributed by atoms with Crippen LogP contribution in [0.5, 0.6) is 0 Å². The Hall–Kier alpha value is -1.41. The monoisotopic (exact) mass is 282 g/mol. The van der Waals surface area contributed by atoms with Crippen LogP contribution in [0.3, 0.4) is 0 Å². The highest BCUT2D eigenvalue weighted by molar-refractivity contribution is 5.82. The first-order chi connectivity index (χ1) is 10.3. The molecule has 1 N–H and O–H groups in total. The van der Waals surface area contributed by atoms with E-state index < -0.39 is 0 Å². The number of hydrogen-bond donors (Lipinski definition) is 1. The van der Waals surface area contributed by atoms with E-state index in [4.69, 9.17) is 0 Å². The summed E-state index contributed by atoms with van der Waals surface area (Å²) in [6.07, 6.45) is 8.58. The first-order valence-electron chi connectivity index (χ1n) is 8.38. The van der Waals surface area contributed by atoms with Crippen LogP contribution in [0, 0.1) is 5.41 Å². The van der Waals surface area contributed by atoms with Gasteiger partial charge in [-0.05, 0) is 42.9 Å². The molecule has 2 nitrogen and oxygen atoms in total. The Kier molecular flexibility index (Phi) is 4.25. The molecule has 1 unspecified atom stereocenters. The van der Waals surface area contributed by atoms with Crippen molar-refractivity contribution < 1.29 is 0 Å². The number of pyridine rings is 1. The minimum Gasteiger partial charge on any atom is -0.310 e. The van der Waals surface area contributed by atoms with Crippen LogP contribution < -0.4 is 5.32 Å². The quantitative estimate of drug-likeness (QED) is 0.847. The minimum atomic E-state index is 0.405. The predicted molar refractivity (Wildman–Crippen MR) is 89.4 cm³/mol. The lowest BCUT2D eigenvalue weighted by atomic mass is 9.73. The zero-order valence-electron chi connectivity index (χ0n) is 13.2. The van der Waals surface area contributed by atoms with E-state index in [1.54, 1.807) is 0 Å². The van der Waals surface area contributed by atoms with E-state index in [0.29, 0.717) is 11.5 Å². The molecule has 0 bridgehead atoms. The molecule has 1 atom stereocenters. The van der Waals surface area contributed by atoms with Gasteiger partial charge in [-0.3, -0.25) is 4.98 Å². The second-order valence-corrected chi connectivity index (χ2v) is 6.34. The van der Waals surface area contributed by atoms with Gasteiger partial charge in [-0.1, -0.05) is 51.0 Å². The van der Waals surface area contributed by atoms with Gasteiger partial charge in [0.2, 0.25) is 0 Å². The maximum atomic E-state index is 4.68. The molecule has 21 heavy (non-hydrogen) atoms. The molecule has 0 amide bonds. The average Bonchev–Trinajstić information content (AvgIpc) is 3.02. The third-order valence-corrected chi connectivity index (χ3v) is 5.30. The van der Waals surface area contributed by atoms with Crippen LogP contribution in [0.1, 0.15) is 57.6 Å². The predicted octanol–water partition coefficient (Wildman–Crippen LogP) is 4.86. The van der Waals surface area contributed by atoms with Crippen LogP contribution in [0.2, 0.25) is 0 Å². The van der Waals surface area contributed by atoms with Crippen molar-refractivity contribution in [2.75, 3.05) is 6.54 Å². The molecule has 0 spiro atoms. The average molecular weight is 282 g/mol. The van der Waals surface area contributed by atoms with Gasteiger partial charge >= 0.3 is 0 Å². The van der Waals surface area contributed by atoms with Crippen LogP contribution in [0.25, 0.3) is 10.9 Å². The summed E-state index contributed by atoms with van der Waals surface area (Å²) in [5, 5.41) is 5.04. The number of para-hydroxylation sites is 1. The molecule has 2 aromatic rings. The number of rotatable bonds is 5. The Labute approximate surface area is 128 Å². The van der Waals surface area contributed by atoms with Gasteiger partial charge in [0.15, 0.2) is 0 Å². The topological polar surface area (TPSA) is 24.9 Å². The van der Waals surface area contributed by atoms with E-state index in [2.05, 4.69) is 48.4 Å². The van der Waals surface area contributed by atoms with Crippen molar-refractivity contribution in [1.82, 2.24) is 10.3 Å². The summed E-state index contributed by atoms with van der Waals surface area (Å²) in [6, 6.07) is 11.2. The summed E-state index contributed by atoms with van der Waals surface area (Å²) < 4.78 is 0. The third-order valence-electron chi connectivity index (χ3n) is 5.30. The number of fused-ring (bicyclic) bond motifs is 1. The number of hydrogen-bond acceptors (Lipinski definition) is 2. The summed E-state index contributed by atoms with van der Waals surface area (Å²) in [7, 11) is 0. The fraction of sp³-hybridized carbons (Fsp3) is 0.526. The standard InChI is InChI=1S/C19H26N2/c1-3-19(12-5-6-13-19)18(20-4-2)16-11-7-9-15-10-8-14-21-17(15)16/h7-11,14,18,20H,3-6,12-13H2,1-2H3. The number of aromatic nitrogens is 1.